The topological polar surface area (TPSA) is 65.7 Å². The summed E-state index contributed by atoms with van der Waals surface area (Å²) in [7, 11) is 1.59. The largest absolute Gasteiger partial charge is 0.493 e. The van der Waals surface area contributed by atoms with Gasteiger partial charge in [0, 0.05) is 19.9 Å². The SMILES string of the molecule is COc1cc(C=Nn2c(C(C)(C)C)nc3ccc(Br)cc3c2=O)c(Br)c(Br)c1OCc1cccc2ccccc12. The van der Waals surface area contributed by atoms with Crippen LogP contribution in [0.3, 0.4) is 0 Å². The quantitative estimate of drug-likeness (QED) is 0.164. The molecule has 0 unspecified atom stereocenters. The van der Waals surface area contributed by atoms with Crippen molar-refractivity contribution >= 4 is 75.7 Å². The van der Waals surface area contributed by atoms with Gasteiger partial charge in [-0.2, -0.15) is 9.78 Å². The maximum Gasteiger partial charge on any atom is 0.282 e. The molecule has 40 heavy (non-hydrogen) atoms. The molecule has 1 aromatic heterocycles. The third kappa shape index (κ3) is 5.60. The van der Waals surface area contributed by atoms with Gasteiger partial charge in [0.05, 0.1) is 28.7 Å². The van der Waals surface area contributed by atoms with E-state index in [9.17, 15) is 4.79 Å². The Morgan fingerprint density at radius 2 is 1.70 bits per heavy atom. The summed E-state index contributed by atoms with van der Waals surface area (Å²) in [6, 6.07) is 21.7. The highest BCUT2D eigenvalue weighted by atomic mass is 79.9. The molecule has 0 bridgehead atoms. The molecule has 0 amide bonds. The van der Waals surface area contributed by atoms with Crippen LogP contribution in [0.4, 0.5) is 0 Å². The van der Waals surface area contributed by atoms with Crippen LogP contribution in [0.15, 0.2) is 90.0 Å². The number of fused-ring (bicyclic) bond motifs is 2. The van der Waals surface area contributed by atoms with Gasteiger partial charge >= 0.3 is 0 Å². The van der Waals surface area contributed by atoms with Crippen molar-refractivity contribution in [3.8, 4) is 11.5 Å². The van der Waals surface area contributed by atoms with Gasteiger partial charge in [0.2, 0.25) is 0 Å². The van der Waals surface area contributed by atoms with Gasteiger partial charge in [-0.05, 0) is 72.5 Å². The van der Waals surface area contributed by atoms with Gasteiger partial charge in [-0.25, -0.2) is 4.98 Å². The number of aromatic nitrogens is 2. The molecule has 0 saturated heterocycles. The van der Waals surface area contributed by atoms with Crippen LogP contribution in [0, 0.1) is 0 Å². The zero-order valence-electron chi connectivity index (χ0n) is 22.3. The summed E-state index contributed by atoms with van der Waals surface area (Å²) in [5.74, 6) is 1.64. The third-order valence-electron chi connectivity index (χ3n) is 6.42. The van der Waals surface area contributed by atoms with E-state index >= 15 is 0 Å². The van der Waals surface area contributed by atoms with Gasteiger partial charge in [-0.3, -0.25) is 4.79 Å². The number of methoxy groups -OCH3 is 1. The molecule has 0 spiro atoms. The summed E-state index contributed by atoms with van der Waals surface area (Å²) in [5, 5.41) is 7.39. The molecule has 6 nitrogen and oxygen atoms in total. The van der Waals surface area contributed by atoms with Crippen molar-refractivity contribution in [1.29, 1.82) is 0 Å². The van der Waals surface area contributed by atoms with Crippen molar-refractivity contribution in [2.75, 3.05) is 7.11 Å². The van der Waals surface area contributed by atoms with Crippen molar-refractivity contribution in [3.63, 3.8) is 0 Å². The summed E-state index contributed by atoms with van der Waals surface area (Å²) in [6.07, 6.45) is 1.62. The molecule has 1 heterocycles. The van der Waals surface area contributed by atoms with Crippen LogP contribution >= 0.6 is 47.8 Å². The van der Waals surface area contributed by atoms with Crippen LogP contribution in [0.25, 0.3) is 21.7 Å². The summed E-state index contributed by atoms with van der Waals surface area (Å²) in [4.78, 5) is 18.3. The van der Waals surface area contributed by atoms with Crippen molar-refractivity contribution in [1.82, 2.24) is 9.66 Å². The van der Waals surface area contributed by atoms with Crippen LogP contribution in [0.5, 0.6) is 11.5 Å². The predicted molar refractivity (Wildman–Crippen MR) is 172 cm³/mol. The molecule has 0 fully saturated rings. The number of halogens is 3. The molecule has 204 valence electrons. The zero-order valence-corrected chi connectivity index (χ0v) is 27.1. The molecule has 9 heteroatoms. The smallest absolute Gasteiger partial charge is 0.282 e. The molecule has 0 aliphatic rings. The van der Waals surface area contributed by atoms with E-state index < -0.39 is 5.41 Å². The van der Waals surface area contributed by atoms with Crippen molar-refractivity contribution in [3.05, 3.63) is 107 Å². The van der Waals surface area contributed by atoms with E-state index in [0.717, 1.165) is 20.8 Å². The Kier molecular flexibility index (Phi) is 8.17. The number of ether oxygens (including phenoxy) is 2. The van der Waals surface area contributed by atoms with Gasteiger partial charge in [-0.15, -0.1) is 0 Å². The second-order valence-corrected chi connectivity index (χ2v) is 12.8. The lowest BCUT2D eigenvalue weighted by Gasteiger charge is -2.21. The Hall–Kier alpha value is -3.01. The molecule has 5 aromatic rings. The Morgan fingerprint density at radius 3 is 2.45 bits per heavy atom. The van der Waals surface area contributed by atoms with Crippen molar-refractivity contribution in [2.24, 2.45) is 5.10 Å². The third-order valence-corrected chi connectivity index (χ3v) is 9.06. The normalized spacial score (nSPS) is 12.0. The second kappa shape index (κ2) is 11.5. The van der Waals surface area contributed by atoms with E-state index in [4.69, 9.17) is 14.5 Å². The fourth-order valence-electron chi connectivity index (χ4n) is 4.41. The summed E-state index contributed by atoms with van der Waals surface area (Å²) >= 11 is 10.8. The molecule has 0 saturated carbocycles. The second-order valence-electron chi connectivity index (χ2n) is 10.3. The van der Waals surface area contributed by atoms with Gasteiger partial charge in [0.15, 0.2) is 11.5 Å². The Morgan fingerprint density at radius 1 is 0.950 bits per heavy atom. The lowest BCUT2D eigenvalue weighted by atomic mass is 9.95. The van der Waals surface area contributed by atoms with E-state index in [-0.39, 0.29) is 5.56 Å². The summed E-state index contributed by atoms with van der Waals surface area (Å²) < 4.78 is 15.5. The minimum absolute atomic E-state index is 0.246. The van der Waals surface area contributed by atoms with Gasteiger partial charge in [0.25, 0.3) is 5.56 Å². The van der Waals surface area contributed by atoms with Crippen molar-refractivity contribution < 1.29 is 9.47 Å². The van der Waals surface area contributed by atoms with Crippen molar-refractivity contribution in [2.45, 2.75) is 32.8 Å². The number of benzene rings is 4. The van der Waals surface area contributed by atoms with Gasteiger partial charge < -0.3 is 9.47 Å². The number of hydrogen-bond donors (Lipinski definition) is 0. The maximum atomic E-state index is 13.5. The first-order chi connectivity index (χ1) is 19.1. The molecule has 0 atom stereocenters. The van der Waals surface area contributed by atoms with Crippen LogP contribution < -0.4 is 15.0 Å². The van der Waals surface area contributed by atoms with Gasteiger partial charge in [-0.1, -0.05) is 79.2 Å². The average Bonchev–Trinajstić information content (AvgIpc) is 2.93. The Labute approximate surface area is 257 Å². The molecule has 4 aromatic carbocycles. The van der Waals surface area contributed by atoms with E-state index in [1.54, 1.807) is 19.4 Å². The zero-order chi connectivity index (χ0) is 28.6. The minimum atomic E-state index is -0.424. The molecule has 0 N–H and O–H groups in total. The first-order valence-corrected chi connectivity index (χ1v) is 14.9. The fourth-order valence-corrected chi connectivity index (χ4v) is 5.71. The molecule has 0 aliphatic heterocycles. The highest BCUT2D eigenvalue weighted by Crippen LogP contribution is 2.43. The Balaban J connectivity index is 1.54. The molecule has 0 aliphatic carbocycles. The van der Waals surface area contributed by atoms with Crippen LogP contribution in [-0.4, -0.2) is 23.0 Å². The molecule has 5 rings (SSSR count). The molecule has 0 radical (unpaired) electrons. The average molecular weight is 728 g/mol. The lowest BCUT2D eigenvalue weighted by Crippen LogP contribution is -2.29. The fraction of sp³-hybridized carbons (Fsp3) is 0.194. The number of rotatable bonds is 6. The predicted octanol–water partition coefficient (Wildman–Crippen LogP) is 8.60. The van der Waals surface area contributed by atoms with Crippen LogP contribution in [0.1, 0.15) is 37.7 Å². The summed E-state index contributed by atoms with van der Waals surface area (Å²) in [5.41, 5.74) is 1.72. The van der Waals surface area contributed by atoms with Crippen LogP contribution in [0.2, 0.25) is 0 Å². The number of hydrogen-bond acceptors (Lipinski definition) is 5. The van der Waals surface area contributed by atoms with Gasteiger partial charge in [0.1, 0.15) is 12.4 Å². The Bertz CT molecular complexity index is 1840. The molecular formula is C31H26Br3N3O3. The van der Waals surface area contributed by atoms with Crippen LogP contribution in [-0.2, 0) is 12.0 Å². The summed E-state index contributed by atoms with van der Waals surface area (Å²) in [6.45, 7) is 6.37. The number of nitrogens with zero attached hydrogens (tertiary/aromatic N) is 3. The standard InChI is InChI=1S/C31H26Br3N3O3/c1-31(2,3)30-36-24-13-12-21(32)15-23(24)29(38)37(30)35-16-20-14-25(39-4)28(27(34)26(20)33)40-17-19-10-7-9-18-8-5-6-11-22(18)19/h5-16H,17H2,1-4H3. The lowest BCUT2D eigenvalue weighted by molar-refractivity contribution is 0.283. The van der Waals surface area contributed by atoms with E-state index in [1.807, 2.05) is 57.2 Å². The van der Waals surface area contributed by atoms with E-state index in [2.05, 4.69) is 77.2 Å². The highest BCUT2D eigenvalue weighted by Gasteiger charge is 2.23. The minimum Gasteiger partial charge on any atom is -0.493 e. The molecular weight excluding hydrogens is 702 g/mol. The van der Waals surface area contributed by atoms with E-state index in [0.29, 0.717) is 49.3 Å². The first-order valence-electron chi connectivity index (χ1n) is 12.5. The first kappa shape index (κ1) is 28.5. The maximum absolute atomic E-state index is 13.5. The monoisotopic (exact) mass is 725 g/mol. The van der Waals surface area contributed by atoms with E-state index in [1.165, 1.54) is 4.68 Å². The highest BCUT2D eigenvalue weighted by molar-refractivity contribution is 9.13.